The first-order valence-corrected chi connectivity index (χ1v) is 14.4. The van der Waals surface area contributed by atoms with Crippen LogP contribution >= 0.6 is 55.6 Å². The van der Waals surface area contributed by atoms with Gasteiger partial charge in [-0.25, -0.2) is 27.5 Å². The molecule has 0 radical (unpaired) electrons. The number of aromatic nitrogens is 2. The van der Waals surface area contributed by atoms with Crippen molar-refractivity contribution in [2.45, 2.75) is 25.7 Å². The summed E-state index contributed by atoms with van der Waals surface area (Å²) in [6.45, 7) is 0.393. The summed E-state index contributed by atoms with van der Waals surface area (Å²) in [6.07, 6.45) is 2.14. The summed E-state index contributed by atoms with van der Waals surface area (Å²) in [6, 6.07) is 9.45. The highest BCUT2D eigenvalue weighted by Gasteiger charge is 2.17. The summed E-state index contributed by atoms with van der Waals surface area (Å²) in [7, 11) is 2.25. The molecule has 2 aromatic heterocycles. The highest BCUT2D eigenvalue weighted by Crippen LogP contribution is 2.34. The third kappa shape index (κ3) is 9.87. The largest absolute Gasteiger partial charge is 0.396 e. The number of aldehydes is 1. The molecule has 0 saturated heterocycles. The minimum absolute atomic E-state index is 0.0235. The monoisotopic (exact) mass is 681 g/mol. The van der Waals surface area contributed by atoms with E-state index in [1.54, 1.807) is 0 Å². The smallest absolute Gasteiger partial charge is 0.134 e. The van der Waals surface area contributed by atoms with E-state index in [1.165, 1.54) is 24.3 Å². The Labute approximate surface area is 264 Å². The maximum absolute atomic E-state index is 13.9. The molecule has 13 heteroatoms. The fourth-order valence-electron chi connectivity index (χ4n) is 3.85. The van der Waals surface area contributed by atoms with Crippen LogP contribution in [0.1, 0.15) is 25.3 Å². The SMILES string of the molecule is O=CCCc1c(-c2ccc(F)cc2F)cc(Cl)nc1Cl.OCCCc1c(-c2ccc(F)cc2F)cc(Cl)nc1Cl.[2H]CP. The molecular weight excluding hydrogens is 657 g/mol. The Bertz CT molecular complexity index is 1550. The normalized spacial score (nSPS) is 10.7. The lowest BCUT2D eigenvalue weighted by Gasteiger charge is -2.12. The quantitative estimate of drug-likeness (QED) is 0.0871. The van der Waals surface area contributed by atoms with Gasteiger partial charge >= 0.3 is 0 Å². The molecule has 4 rings (SSSR count). The molecule has 4 nitrogen and oxygen atoms in total. The third-order valence-corrected chi connectivity index (χ3v) is 6.64. The van der Waals surface area contributed by atoms with Crippen molar-refractivity contribution in [2.24, 2.45) is 0 Å². The summed E-state index contributed by atoms with van der Waals surface area (Å²) in [5.74, 6) is -2.76. The van der Waals surface area contributed by atoms with Crippen LogP contribution < -0.4 is 0 Å². The zero-order chi connectivity index (χ0) is 32.1. The Morgan fingerprint density at radius 1 is 0.786 bits per heavy atom. The van der Waals surface area contributed by atoms with Crippen LogP contribution in [0.5, 0.6) is 0 Å². The zero-order valence-corrected chi connectivity index (χ0v) is 26.0. The van der Waals surface area contributed by atoms with Gasteiger partial charge in [0.1, 0.15) is 50.2 Å². The first kappa shape index (κ1) is 34.2. The van der Waals surface area contributed by atoms with E-state index in [2.05, 4.69) is 19.2 Å². The second-order valence-electron chi connectivity index (χ2n) is 8.30. The first-order valence-electron chi connectivity index (χ1n) is 12.8. The van der Waals surface area contributed by atoms with Crippen LogP contribution in [0.2, 0.25) is 20.6 Å². The molecule has 0 aliphatic heterocycles. The van der Waals surface area contributed by atoms with Gasteiger partial charge in [-0.1, -0.05) is 53.0 Å². The van der Waals surface area contributed by atoms with Crippen molar-refractivity contribution in [1.29, 1.82) is 0 Å². The molecule has 1 atom stereocenters. The van der Waals surface area contributed by atoms with Gasteiger partial charge in [0.25, 0.3) is 0 Å². The summed E-state index contributed by atoms with van der Waals surface area (Å²) >= 11 is 23.7. The van der Waals surface area contributed by atoms with Crippen molar-refractivity contribution >= 4 is 61.9 Å². The number of hydrogen-bond donors (Lipinski definition) is 1. The average Bonchev–Trinajstić information content (AvgIpc) is 2.92. The third-order valence-electron chi connectivity index (χ3n) is 5.62. The van der Waals surface area contributed by atoms with Crippen LogP contribution in [0.25, 0.3) is 22.3 Å². The molecular formula is C29H25Cl4F4N2O2P. The van der Waals surface area contributed by atoms with Crippen molar-refractivity contribution in [1.82, 2.24) is 9.97 Å². The number of halogens is 8. The Balaban J connectivity index is 0.000000275. The number of rotatable bonds is 8. The Kier molecular flexibility index (Phi) is 14.4. The molecule has 0 bridgehead atoms. The van der Waals surface area contributed by atoms with Crippen molar-refractivity contribution in [3.8, 4) is 22.3 Å². The van der Waals surface area contributed by atoms with Crippen LogP contribution in [0.15, 0.2) is 48.5 Å². The Hall–Kier alpha value is -2.32. The van der Waals surface area contributed by atoms with Gasteiger partial charge in [-0.15, -0.1) is 9.24 Å². The van der Waals surface area contributed by atoms with Crippen LogP contribution in [-0.2, 0) is 17.6 Å². The second-order valence-corrected chi connectivity index (χ2v) is 9.80. The molecule has 0 amide bonds. The first-order chi connectivity index (χ1) is 20.5. The predicted octanol–water partition coefficient (Wildman–Crippen LogP) is 9.21. The minimum atomic E-state index is -0.726. The van der Waals surface area contributed by atoms with Crippen molar-refractivity contribution in [3.63, 3.8) is 0 Å². The van der Waals surface area contributed by atoms with Crippen LogP contribution in [0, 0.1) is 23.3 Å². The van der Waals surface area contributed by atoms with Gasteiger partial charge in [-0.05, 0) is 77.9 Å². The molecule has 224 valence electrons. The van der Waals surface area contributed by atoms with Crippen molar-refractivity contribution < 1.29 is 28.8 Å². The molecule has 1 unspecified atom stereocenters. The number of nitrogens with zero attached hydrogens (tertiary/aromatic N) is 2. The number of carbonyl (C=O) groups excluding carboxylic acids is 1. The van der Waals surface area contributed by atoms with E-state index in [9.17, 15) is 22.4 Å². The maximum Gasteiger partial charge on any atom is 0.134 e. The van der Waals surface area contributed by atoms with Crippen molar-refractivity contribution in [2.75, 3.05) is 13.2 Å². The second kappa shape index (κ2) is 17.7. The Morgan fingerprint density at radius 2 is 1.21 bits per heavy atom. The molecule has 0 aliphatic carbocycles. The molecule has 0 saturated carbocycles. The molecule has 2 aromatic carbocycles. The lowest BCUT2D eigenvalue weighted by molar-refractivity contribution is -0.107. The highest BCUT2D eigenvalue weighted by molar-refractivity contribution is 7.15. The number of aliphatic hydroxyl groups is 1. The lowest BCUT2D eigenvalue weighted by Crippen LogP contribution is -1.98. The number of pyridine rings is 2. The lowest BCUT2D eigenvalue weighted by atomic mass is 9.98. The van der Waals surface area contributed by atoms with E-state index in [4.69, 9.17) is 52.9 Å². The zero-order valence-electron chi connectivity index (χ0n) is 22.8. The molecule has 42 heavy (non-hydrogen) atoms. The number of benzene rings is 2. The molecule has 1 N–H and O–H groups in total. The van der Waals surface area contributed by atoms with E-state index in [0.29, 0.717) is 48.2 Å². The fraction of sp³-hybridized carbons (Fsp3) is 0.207. The van der Waals surface area contributed by atoms with Gasteiger partial charge in [0.05, 0.1) is 0 Å². The van der Waals surface area contributed by atoms with E-state index < -0.39 is 23.3 Å². The molecule has 0 fully saturated rings. The molecule has 0 spiro atoms. The van der Waals surface area contributed by atoms with Gasteiger partial charge in [0, 0.05) is 37.7 Å². The van der Waals surface area contributed by atoms with E-state index in [1.807, 2.05) is 0 Å². The van der Waals surface area contributed by atoms with Crippen LogP contribution in [-0.4, -0.2) is 34.6 Å². The topological polar surface area (TPSA) is 63.1 Å². The summed E-state index contributed by atoms with van der Waals surface area (Å²) in [5, 5.41) is 9.41. The summed E-state index contributed by atoms with van der Waals surface area (Å²) in [5.41, 5.74) is 2.32. The van der Waals surface area contributed by atoms with E-state index in [0.717, 1.165) is 30.6 Å². The van der Waals surface area contributed by atoms with Gasteiger partial charge in [-0.3, -0.25) is 0 Å². The maximum atomic E-state index is 13.9. The molecule has 2 heterocycles. The average molecular weight is 683 g/mol. The fourth-order valence-corrected chi connectivity index (χ4v) is 4.90. The van der Waals surface area contributed by atoms with Gasteiger partial charge in [0.2, 0.25) is 0 Å². The van der Waals surface area contributed by atoms with E-state index >= 15 is 0 Å². The van der Waals surface area contributed by atoms with Crippen molar-refractivity contribution in [3.05, 3.63) is 104 Å². The number of aliphatic hydroxyl groups excluding tert-OH is 1. The van der Waals surface area contributed by atoms with Crippen LogP contribution in [0.4, 0.5) is 17.6 Å². The number of carbonyl (C=O) groups is 1. The molecule has 0 aliphatic rings. The predicted molar refractivity (Wildman–Crippen MR) is 165 cm³/mol. The standard InChI is InChI=1S/C14H11Cl2F2NO.C14H9Cl2F2NO.CH5P/c2*15-13-7-11(9-4-3-8(17)6-12(9)18)10(2-1-5-20)14(16)19-13;1-2/h3-4,6-7,20H,1-2,5H2;3-7H,1-2H2;2H2,1H3/i;;1D. The van der Waals surface area contributed by atoms with E-state index in [-0.39, 0.29) is 44.8 Å². The summed E-state index contributed by atoms with van der Waals surface area (Å²) < 4.78 is 59.9. The van der Waals surface area contributed by atoms with Gasteiger partial charge in [0.15, 0.2) is 0 Å². The van der Waals surface area contributed by atoms with Crippen LogP contribution in [0.3, 0.4) is 0 Å². The van der Waals surface area contributed by atoms with Gasteiger partial charge in [-0.2, -0.15) is 0 Å². The van der Waals surface area contributed by atoms with Gasteiger partial charge < -0.3 is 9.90 Å². The molecule has 4 aromatic rings. The Morgan fingerprint density at radius 3 is 1.60 bits per heavy atom. The highest BCUT2D eigenvalue weighted by atomic mass is 35.5. The number of hydrogen-bond acceptors (Lipinski definition) is 4. The minimum Gasteiger partial charge on any atom is -0.396 e. The summed E-state index contributed by atoms with van der Waals surface area (Å²) in [4.78, 5) is 18.3.